The Hall–Kier alpha value is -0.643. The Morgan fingerprint density at radius 1 is 0.378 bits per heavy atom. The van der Waals surface area contributed by atoms with Gasteiger partial charge in [0.05, 0.1) is 132 Å². The van der Waals surface area contributed by atoms with Gasteiger partial charge in [-0.1, -0.05) is 6.58 Å². The Kier molecular flexibility index (Phi) is 29.4. The summed E-state index contributed by atoms with van der Waals surface area (Å²) in [4.78, 5) is 0. The van der Waals surface area contributed by atoms with Crippen molar-refractivity contribution in [3.8, 4) is 0 Å². The molecule has 0 aromatic rings. The van der Waals surface area contributed by atoms with Crippen molar-refractivity contribution >= 4 is 8.32 Å². The first-order chi connectivity index (χ1) is 18.1. The molecule has 0 bridgehead atoms. The molecule has 37 heavy (non-hydrogen) atoms. The molecule has 0 amide bonds. The molecular weight excluding hydrogens is 504 g/mol. The summed E-state index contributed by atoms with van der Waals surface area (Å²) in [5, 5.41) is 0. The first-order valence-electron chi connectivity index (χ1n) is 13.1. The summed E-state index contributed by atoms with van der Waals surface area (Å²) in [6, 6.07) is 0. The molecule has 12 heteroatoms. The fourth-order valence-corrected chi connectivity index (χ4v) is 3.15. The fraction of sp³-hybridized carbons (Fsp3) is 0.920. The number of hydrogen-bond donors (Lipinski definition) is 0. The summed E-state index contributed by atoms with van der Waals surface area (Å²) >= 11 is 0. The van der Waals surface area contributed by atoms with Crippen molar-refractivity contribution in [2.75, 3.05) is 132 Å². The van der Waals surface area contributed by atoms with Crippen molar-refractivity contribution in [1.29, 1.82) is 0 Å². The van der Waals surface area contributed by atoms with E-state index < -0.39 is 8.32 Å². The lowest BCUT2D eigenvalue weighted by molar-refractivity contribution is -0.0260. The lowest BCUT2D eigenvalue weighted by Crippen LogP contribution is -2.27. The van der Waals surface area contributed by atoms with Gasteiger partial charge < -0.3 is 51.8 Å². The zero-order valence-corrected chi connectivity index (χ0v) is 24.4. The van der Waals surface area contributed by atoms with Crippen LogP contribution in [0.2, 0.25) is 19.6 Å². The third-order valence-electron chi connectivity index (χ3n) is 4.20. The molecule has 0 rings (SSSR count). The van der Waals surface area contributed by atoms with Crippen LogP contribution < -0.4 is 0 Å². The van der Waals surface area contributed by atoms with Crippen LogP contribution in [-0.4, -0.2) is 140 Å². The van der Waals surface area contributed by atoms with Crippen molar-refractivity contribution in [1.82, 2.24) is 0 Å². The van der Waals surface area contributed by atoms with Crippen LogP contribution >= 0.6 is 0 Å². The maximum Gasteiger partial charge on any atom is 0.183 e. The lowest BCUT2D eigenvalue weighted by atomic mass is 10.6. The molecule has 0 unspecified atom stereocenters. The molecule has 0 atom stereocenters. The molecule has 0 aromatic heterocycles. The molecule has 0 N–H and O–H groups in total. The minimum absolute atomic E-state index is 0.506. The van der Waals surface area contributed by atoms with E-state index in [1.165, 1.54) is 6.26 Å². The van der Waals surface area contributed by atoms with Crippen molar-refractivity contribution < 1.29 is 51.8 Å². The molecule has 0 fully saturated rings. The summed E-state index contributed by atoms with van der Waals surface area (Å²) in [6.07, 6.45) is 1.40. The maximum absolute atomic E-state index is 5.71. The quantitative estimate of drug-likeness (QED) is 0.0692. The van der Waals surface area contributed by atoms with E-state index in [1.54, 1.807) is 0 Å². The topological polar surface area (TPSA) is 102 Å². The Balaban J connectivity index is 3.04. The normalized spacial score (nSPS) is 11.8. The van der Waals surface area contributed by atoms with Gasteiger partial charge in [0.1, 0.15) is 6.61 Å². The highest BCUT2D eigenvalue weighted by molar-refractivity contribution is 6.69. The van der Waals surface area contributed by atoms with Gasteiger partial charge >= 0.3 is 0 Å². The fourth-order valence-electron chi connectivity index (χ4n) is 2.46. The van der Waals surface area contributed by atoms with Crippen LogP contribution in [-0.2, 0) is 51.8 Å². The lowest BCUT2D eigenvalue weighted by Gasteiger charge is -2.16. The highest BCUT2D eigenvalue weighted by Crippen LogP contribution is 2.01. The summed E-state index contributed by atoms with van der Waals surface area (Å²) < 4.78 is 59.5. The Morgan fingerprint density at radius 2 is 0.595 bits per heavy atom. The second-order valence-corrected chi connectivity index (χ2v) is 13.0. The molecule has 0 heterocycles. The molecule has 0 spiro atoms. The molecule has 0 radical (unpaired) electrons. The maximum atomic E-state index is 5.71. The number of hydrogen-bond acceptors (Lipinski definition) is 11. The van der Waals surface area contributed by atoms with Crippen molar-refractivity contribution in [2.24, 2.45) is 0 Å². The summed E-state index contributed by atoms with van der Waals surface area (Å²) in [6.45, 7) is 20.7. The van der Waals surface area contributed by atoms with E-state index >= 15 is 0 Å². The van der Waals surface area contributed by atoms with Gasteiger partial charge in [0.2, 0.25) is 0 Å². The average molecular weight is 557 g/mol. The molecule has 0 aromatic carbocycles. The summed E-state index contributed by atoms with van der Waals surface area (Å²) in [5.74, 6) is 0. The van der Waals surface area contributed by atoms with E-state index in [4.69, 9.17) is 51.8 Å². The van der Waals surface area contributed by atoms with E-state index in [9.17, 15) is 0 Å². The first kappa shape index (κ1) is 36.4. The van der Waals surface area contributed by atoms with Gasteiger partial charge in [0, 0.05) is 0 Å². The van der Waals surface area contributed by atoms with Crippen LogP contribution in [0.4, 0.5) is 0 Å². The van der Waals surface area contributed by atoms with E-state index in [-0.39, 0.29) is 0 Å². The van der Waals surface area contributed by atoms with Crippen molar-refractivity contribution in [2.45, 2.75) is 19.6 Å². The van der Waals surface area contributed by atoms with Crippen LogP contribution in [0.15, 0.2) is 12.8 Å². The predicted molar refractivity (Wildman–Crippen MR) is 143 cm³/mol. The Labute approximate surface area is 225 Å². The number of rotatable bonds is 32. The van der Waals surface area contributed by atoms with E-state index in [1.807, 2.05) is 0 Å². The van der Waals surface area contributed by atoms with Gasteiger partial charge in [0.15, 0.2) is 8.32 Å². The van der Waals surface area contributed by atoms with Crippen LogP contribution in [0, 0.1) is 0 Å². The second-order valence-electron chi connectivity index (χ2n) is 8.51. The molecular formula is C25H52O11Si. The van der Waals surface area contributed by atoms with Gasteiger partial charge in [-0.15, -0.1) is 0 Å². The number of ether oxygens (including phenoxy) is 10. The Bertz CT molecular complexity index is 453. The molecule has 0 aliphatic rings. The minimum Gasteiger partial charge on any atom is -0.499 e. The van der Waals surface area contributed by atoms with Gasteiger partial charge in [-0.2, -0.15) is 0 Å². The monoisotopic (exact) mass is 556 g/mol. The van der Waals surface area contributed by atoms with Crippen LogP contribution in [0.25, 0.3) is 0 Å². The predicted octanol–water partition coefficient (Wildman–Crippen LogP) is 2.15. The van der Waals surface area contributed by atoms with E-state index in [2.05, 4.69) is 26.2 Å². The van der Waals surface area contributed by atoms with Gasteiger partial charge in [0.25, 0.3) is 0 Å². The summed E-state index contributed by atoms with van der Waals surface area (Å²) in [5.41, 5.74) is 0. The van der Waals surface area contributed by atoms with E-state index in [0.29, 0.717) is 132 Å². The SMILES string of the molecule is C=COCCOCCOCCOCCOCCOCCOCCOCCOCCOCCO[Si](C)(C)C. The third kappa shape index (κ3) is 35.4. The zero-order chi connectivity index (χ0) is 27.1. The summed E-state index contributed by atoms with van der Waals surface area (Å²) in [7, 11) is -1.44. The van der Waals surface area contributed by atoms with Crippen LogP contribution in [0.1, 0.15) is 0 Å². The molecule has 0 saturated heterocycles. The molecule has 0 aliphatic heterocycles. The highest BCUT2D eigenvalue weighted by atomic mass is 28.4. The second kappa shape index (κ2) is 29.9. The molecule has 11 nitrogen and oxygen atoms in total. The molecule has 0 saturated carbocycles. The van der Waals surface area contributed by atoms with Crippen LogP contribution in [0.5, 0.6) is 0 Å². The van der Waals surface area contributed by atoms with Crippen molar-refractivity contribution in [3.63, 3.8) is 0 Å². The molecule has 222 valence electrons. The Morgan fingerprint density at radius 3 is 0.811 bits per heavy atom. The van der Waals surface area contributed by atoms with Gasteiger partial charge in [-0.3, -0.25) is 0 Å². The van der Waals surface area contributed by atoms with Gasteiger partial charge in [-0.25, -0.2) is 0 Å². The highest BCUT2D eigenvalue weighted by Gasteiger charge is 2.13. The smallest absolute Gasteiger partial charge is 0.183 e. The van der Waals surface area contributed by atoms with Gasteiger partial charge in [-0.05, 0) is 19.6 Å². The van der Waals surface area contributed by atoms with Crippen molar-refractivity contribution in [3.05, 3.63) is 12.8 Å². The zero-order valence-electron chi connectivity index (χ0n) is 23.4. The molecule has 0 aliphatic carbocycles. The third-order valence-corrected chi connectivity index (χ3v) is 5.27. The standard InChI is InChI=1S/C25H52O11Si/c1-5-26-6-7-27-8-9-28-10-11-29-12-13-30-14-15-31-16-17-32-18-19-33-20-21-34-22-23-35-24-25-36-37(2,3)4/h5H,1,6-25H2,2-4H3. The average Bonchev–Trinajstić information content (AvgIpc) is 2.86. The minimum atomic E-state index is -1.44. The van der Waals surface area contributed by atoms with Crippen LogP contribution in [0.3, 0.4) is 0 Å². The van der Waals surface area contributed by atoms with E-state index in [0.717, 1.165) is 0 Å². The largest absolute Gasteiger partial charge is 0.499 e. The first-order valence-corrected chi connectivity index (χ1v) is 16.5.